The fourth-order valence-corrected chi connectivity index (χ4v) is 2.89. The number of benzene rings is 1. The van der Waals surface area contributed by atoms with Crippen molar-refractivity contribution in [1.29, 1.82) is 0 Å². The topological polar surface area (TPSA) is 3.24 Å². The number of hydrogen-bond donors (Lipinski definition) is 0. The van der Waals surface area contributed by atoms with E-state index in [2.05, 4.69) is 11.9 Å². The van der Waals surface area contributed by atoms with Crippen LogP contribution < -0.4 is 0 Å². The van der Waals surface area contributed by atoms with Crippen LogP contribution in [0.2, 0.25) is 0 Å². The molecule has 0 heterocycles. The van der Waals surface area contributed by atoms with Gasteiger partial charge in [-0.15, -0.1) is 0 Å². The summed E-state index contributed by atoms with van der Waals surface area (Å²) in [4.78, 5) is 2.52. The van der Waals surface area contributed by atoms with Gasteiger partial charge in [-0.3, -0.25) is 0 Å². The summed E-state index contributed by atoms with van der Waals surface area (Å²) in [6.45, 7) is 1.15. The molecule has 1 nitrogen and oxygen atoms in total. The van der Waals surface area contributed by atoms with Crippen LogP contribution in [-0.4, -0.2) is 24.5 Å². The second-order valence-corrected chi connectivity index (χ2v) is 5.50. The smallest absolute Gasteiger partial charge is 0.123 e. The Morgan fingerprint density at radius 2 is 1.78 bits per heavy atom. The molecule has 1 aromatic rings. The molecule has 0 radical (unpaired) electrons. The second kappa shape index (κ2) is 6.89. The molecule has 1 fully saturated rings. The van der Waals surface area contributed by atoms with Crippen molar-refractivity contribution in [3.63, 3.8) is 0 Å². The number of rotatable bonds is 5. The van der Waals surface area contributed by atoms with Gasteiger partial charge in [0.2, 0.25) is 0 Å². The van der Waals surface area contributed by atoms with Crippen molar-refractivity contribution in [2.45, 2.75) is 51.0 Å². The maximum absolute atomic E-state index is 12.8. The van der Waals surface area contributed by atoms with Crippen molar-refractivity contribution in [2.75, 3.05) is 13.6 Å². The molecule has 2 rings (SSSR count). The monoisotopic (exact) mass is 249 g/mol. The SMILES string of the molecule is CN(CCCc1ccc(F)cc1)C1CCCCC1. The van der Waals surface area contributed by atoms with E-state index in [1.165, 1.54) is 44.1 Å². The van der Waals surface area contributed by atoms with E-state index in [0.29, 0.717) is 0 Å². The van der Waals surface area contributed by atoms with Crippen molar-refractivity contribution in [2.24, 2.45) is 0 Å². The van der Waals surface area contributed by atoms with Crippen LogP contribution >= 0.6 is 0 Å². The predicted molar refractivity (Wildman–Crippen MR) is 74.2 cm³/mol. The minimum absolute atomic E-state index is 0.141. The minimum Gasteiger partial charge on any atom is -0.303 e. The van der Waals surface area contributed by atoms with Gasteiger partial charge in [-0.05, 0) is 57.0 Å². The molecule has 1 aliphatic carbocycles. The van der Waals surface area contributed by atoms with Gasteiger partial charge in [0.25, 0.3) is 0 Å². The van der Waals surface area contributed by atoms with Gasteiger partial charge in [-0.1, -0.05) is 31.4 Å². The van der Waals surface area contributed by atoms with Crippen LogP contribution in [0.25, 0.3) is 0 Å². The molecular weight excluding hydrogens is 225 g/mol. The number of halogens is 1. The summed E-state index contributed by atoms with van der Waals surface area (Å²) in [5.74, 6) is -0.141. The molecular formula is C16H24FN. The summed E-state index contributed by atoms with van der Waals surface area (Å²) < 4.78 is 12.8. The van der Waals surface area contributed by atoms with Gasteiger partial charge in [-0.2, -0.15) is 0 Å². The summed E-state index contributed by atoms with van der Waals surface area (Å²) in [6.07, 6.45) is 9.16. The van der Waals surface area contributed by atoms with Crippen molar-refractivity contribution in [3.8, 4) is 0 Å². The molecule has 0 aliphatic heterocycles. The van der Waals surface area contributed by atoms with E-state index >= 15 is 0 Å². The summed E-state index contributed by atoms with van der Waals surface area (Å²) in [7, 11) is 2.25. The summed E-state index contributed by atoms with van der Waals surface area (Å²) in [5, 5.41) is 0. The van der Waals surface area contributed by atoms with E-state index < -0.39 is 0 Å². The van der Waals surface area contributed by atoms with E-state index in [-0.39, 0.29) is 5.82 Å². The molecule has 18 heavy (non-hydrogen) atoms. The van der Waals surface area contributed by atoms with Gasteiger partial charge >= 0.3 is 0 Å². The van der Waals surface area contributed by atoms with E-state index in [1.807, 2.05) is 12.1 Å². The third-order valence-electron chi connectivity index (χ3n) is 4.09. The van der Waals surface area contributed by atoms with Crippen molar-refractivity contribution >= 4 is 0 Å². The normalized spacial score (nSPS) is 17.3. The first-order valence-electron chi connectivity index (χ1n) is 7.20. The molecule has 0 atom stereocenters. The molecule has 0 amide bonds. The molecule has 1 saturated carbocycles. The zero-order chi connectivity index (χ0) is 12.8. The molecule has 0 aromatic heterocycles. The van der Waals surface area contributed by atoms with Crippen LogP contribution in [0.5, 0.6) is 0 Å². The van der Waals surface area contributed by atoms with E-state index in [1.54, 1.807) is 12.1 Å². The van der Waals surface area contributed by atoms with Gasteiger partial charge in [-0.25, -0.2) is 4.39 Å². The summed E-state index contributed by atoms with van der Waals surface area (Å²) in [5.41, 5.74) is 1.24. The lowest BCUT2D eigenvalue weighted by atomic mass is 9.94. The lowest BCUT2D eigenvalue weighted by Gasteiger charge is -2.31. The highest BCUT2D eigenvalue weighted by Gasteiger charge is 2.17. The average molecular weight is 249 g/mol. The Morgan fingerprint density at radius 1 is 1.11 bits per heavy atom. The quantitative estimate of drug-likeness (QED) is 0.761. The maximum Gasteiger partial charge on any atom is 0.123 e. The van der Waals surface area contributed by atoms with Gasteiger partial charge in [0.1, 0.15) is 5.82 Å². The Labute approximate surface area is 110 Å². The highest BCUT2D eigenvalue weighted by atomic mass is 19.1. The van der Waals surface area contributed by atoms with Crippen LogP contribution in [0.1, 0.15) is 44.1 Å². The zero-order valence-electron chi connectivity index (χ0n) is 11.4. The summed E-state index contributed by atoms with van der Waals surface area (Å²) >= 11 is 0. The maximum atomic E-state index is 12.8. The Balaban J connectivity index is 1.69. The third kappa shape index (κ3) is 4.09. The Hall–Kier alpha value is -0.890. The Kier molecular flexibility index (Phi) is 5.18. The molecule has 0 spiro atoms. The van der Waals surface area contributed by atoms with Crippen LogP contribution in [-0.2, 0) is 6.42 Å². The molecule has 0 saturated heterocycles. The predicted octanol–water partition coefficient (Wildman–Crippen LogP) is 4.02. The molecule has 1 aromatic carbocycles. The molecule has 100 valence electrons. The molecule has 0 unspecified atom stereocenters. The van der Waals surface area contributed by atoms with Crippen molar-refractivity contribution in [1.82, 2.24) is 4.90 Å². The lowest BCUT2D eigenvalue weighted by molar-refractivity contribution is 0.190. The molecule has 2 heteroatoms. The second-order valence-electron chi connectivity index (χ2n) is 5.50. The average Bonchev–Trinajstić information content (AvgIpc) is 2.42. The van der Waals surface area contributed by atoms with Crippen LogP contribution in [0.4, 0.5) is 4.39 Å². The molecule has 0 N–H and O–H groups in total. The fraction of sp³-hybridized carbons (Fsp3) is 0.625. The van der Waals surface area contributed by atoms with E-state index in [4.69, 9.17) is 0 Å². The first kappa shape index (κ1) is 13.5. The zero-order valence-corrected chi connectivity index (χ0v) is 11.4. The highest BCUT2D eigenvalue weighted by molar-refractivity contribution is 5.15. The van der Waals surface area contributed by atoms with Crippen LogP contribution in [0, 0.1) is 5.82 Å². The first-order valence-corrected chi connectivity index (χ1v) is 7.20. The van der Waals surface area contributed by atoms with Gasteiger partial charge in [0.05, 0.1) is 0 Å². The van der Waals surface area contributed by atoms with Gasteiger partial charge in [0, 0.05) is 6.04 Å². The third-order valence-corrected chi connectivity index (χ3v) is 4.09. The van der Waals surface area contributed by atoms with Crippen molar-refractivity contribution in [3.05, 3.63) is 35.6 Å². The fourth-order valence-electron chi connectivity index (χ4n) is 2.89. The van der Waals surface area contributed by atoms with E-state index in [9.17, 15) is 4.39 Å². The number of nitrogens with zero attached hydrogens (tertiary/aromatic N) is 1. The Morgan fingerprint density at radius 3 is 2.44 bits per heavy atom. The minimum atomic E-state index is -0.141. The first-order chi connectivity index (χ1) is 8.75. The summed E-state index contributed by atoms with van der Waals surface area (Å²) in [6, 6.07) is 7.71. The van der Waals surface area contributed by atoms with Crippen LogP contribution in [0.15, 0.2) is 24.3 Å². The lowest BCUT2D eigenvalue weighted by Crippen LogP contribution is -2.34. The van der Waals surface area contributed by atoms with Crippen LogP contribution in [0.3, 0.4) is 0 Å². The molecule has 0 bridgehead atoms. The Bertz CT molecular complexity index is 341. The van der Waals surface area contributed by atoms with E-state index in [0.717, 1.165) is 19.0 Å². The number of hydrogen-bond acceptors (Lipinski definition) is 1. The highest BCUT2D eigenvalue weighted by Crippen LogP contribution is 2.21. The molecule has 1 aliphatic rings. The largest absolute Gasteiger partial charge is 0.303 e. The number of aryl methyl sites for hydroxylation is 1. The van der Waals surface area contributed by atoms with Crippen molar-refractivity contribution < 1.29 is 4.39 Å². The standard InChI is InChI=1S/C16H24FN/c1-18(16-7-3-2-4-8-16)13-5-6-14-9-11-15(17)12-10-14/h9-12,16H,2-8,13H2,1H3. The van der Waals surface area contributed by atoms with Gasteiger partial charge < -0.3 is 4.90 Å². The van der Waals surface area contributed by atoms with Gasteiger partial charge in [0.15, 0.2) is 0 Å².